The highest BCUT2D eigenvalue weighted by atomic mass is 15.2. The van der Waals surface area contributed by atoms with Gasteiger partial charge in [0.2, 0.25) is 0 Å². The van der Waals surface area contributed by atoms with Crippen LogP contribution in [-0.2, 0) is 6.42 Å². The average Bonchev–Trinajstić information content (AvgIpc) is 2.62. The molecule has 1 saturated heterocycles. The monoisotopic (exact) mass is 296 g/mol. The van der Waals surface area contributed by atoms with Gasteiger partial charge in [-0.25, -0.2) is 9.97 Å². The van der Waals surface area contributed by atoms with Gasteiger partial charge >= 0.3 is 0 Å². The van der Waals surface area contributed by atoms with Crippen LogP contribution in [0, 0.1) is 5.92 Å². The summed E-state index contributed by atoms with van der Waals surface area (Å²) < 4.78 is 0. The van der Waals surface area contributed by atoms with Crippen LogP contribution in [0.15, 0.2) is 36.4 Å². The third kappa shape index (κ3) is 3.28. The zero-order valence-corrected chi connectivity index (χ0v) is 13.2. The third-order valence-corrected chi connectivity index (χ3v) is 4.42. The Morgan fingerprint density at radius 2 is 1.86 bits per heavy atom. The Morgan fingerprint density at radius 3 is 2.50 bits per heavy atom. The summed E-state index contributed by atoms with van der Waals surface area (Å²) >= 11 is 0. The molecule has 2 N–H and O–H groups in total. The van der Waals surface area contributed by atoms with E-state index in [-0.39, 0.29) is 0 Å². The van der Waals surface area contributed by atoms with Gasteiger partial charge in [-0.15, -0.1) is 0 Å². The SMILES string of the molecule is CCc1nc(-c2ccccc2)cc(N2CCC(CN)CC2)n1. The molecule has 0 aliphatic carbocycles. The molecule has 4 heteroatoms. The highest BCUT2D eigenvalue weighted by Gasteiger charge is 2.20. The summed E-state index contributed by atoms with van der Waals surface area (Å²) in [5.74, 6) is 2.64. The minimum Gasteiger partial charge on any atom is -0.356 e. The van der Waals surface area contributed by atoms with Crippen molar-refractivity contribution in [2.75, 3.05) is 24.5 Å². The molecule has 0 radical (unpaired) electrons. The van der Waals surface area contributed by atoms with Crippen LogP contribution < -0.4 is 10.6 Å². The molecule has 0 amide bonds. The van der Waals surface area contributed by atoms with Crippen molar-refractivity contribution >= 4 is 5.82 Å². The normalized spacial score (nSPS) is 16.0. The molecule has 0 spiro atoms. The summed E-state index contributed by atoms with van der Waals surface area (Å²) in [5, 5.41) is 0. The number of nitrogens with two attached hydrogens (primary N) is 1. The predicted molar refractivity (Wildman–Crippen MR) is 90.8 cm³/mol. The molecule has 22 heavy (non-hydrogen) atoms. The van der Waals surface area contributed by atoms with Crippen molar-refractivity contribution in [3.8, 4) is 11.3 Å². The Labute approximate surface area is 132 Å². The zero-order chi connectivity index (χ0) is 15.4. The van der Waals surface area contributed by atoms with Crippen molar-refractivity contribution in [1.82, 2.24) is 9.97 Å². The quantitative estimate of drug-likeness (QED) is 0.942. The van der Waals surface area contributed by atoms with Crippen LogP contribution >= 0.6 is 0 Å². The molecule has 116 valence electrons. The van der Waals surface area contributed by atoms with Gasteiger partial charge in [0.25, 0.3) is 0 Å². The fraction of sp³-hybridized carbons (Fsp3) is 0.444. The summed E-state index contributed by atoms with van der Waals surface area (Å²) in [6, 6.07) is 12.5. The number of rotatable bonds is 4. The Kier molecular flexibility index (Phi) is 4.68. The lowest BCUT2D eigenvalue weighted by atomic mass is 9.97. The zero-order valence-electron chi connectivity index (χ0n) is 13.2. The molecule has 1 fully saturated rings. The van der Waals surface area contributed by atoms with Gasteiger partial charge < -0.3 is 10.6 Å². The van der Waals surface area contributed by atoms with E-state index in [4.69, 9.17) is 15.7 Å². The maximum atomic E-state index is 5.79. The lowest BCUT2D eigenvalue weighted by Crippen LogP contribution is -2.36. The van der Waals surface area contributed by atoms with E-state index >= 15 is 0 Å². The third-order valence-electron chi connectivity index (χ3n) is 4.42. The van der Waals surface area contributed by atoms with Crippen LogP contribution in [0.4, 0.5) is 5.82 Å². The number of hydrogen-bond donors (Lipinski definition) is 1. The topological polar surface area (TPSA) is 55.0 Å². The summed E-state index contributed by atoms with van der Waals surface area (Å²) in [6.07, 6.45) is 3.16. The Bertz CT molecular complexity index is 604. The summed E-state index contributed by atoms with van der Waals surface area (Å²) in [5.41, 5.74) is 7.96. The number of hydrogen-bond acceptors (Lipinski definition) is 4. The molecular formula is C18H24N4. The number of aryl methyl sites for hydroxylation is 1. The first-order chi connectivity index (χ1) is 10.8. The summed E-state index contributed by atoms with van der Waals surface area (Å²) in [7, 11) is 0. The molecule has 2 heterocycles. The smallest absolute Gasteiger partial charge is 0.132 e. The van der Waals surface area contributed by atoms with E-state index in [1.807, 2.05) is 6.07 Å². The highest BCUT2D eigenvalue weighted by Crippen LogP contribution is 2.25. The van der Waals surface area contributed by atoms with Gasteiger partial charge in [0, 0.05) is 31.1 Å². The Balaban J connectivity index is 1.88. The van der Waals surface area contributed by atoms with Crippen LogP contribution in [-0.4, -0.2) is 29.6 Å². The van der Waals surface area contributed by atoms with Crippen LogP contribution in [0.25, 0.3) is 11.3 Å². The van der Waals surface area contributed by atoms with E-state index in [1.54, 1.807) is 0 Å². The van der Waals surface area contributed by atoms with Crippen molar-refractivity contribution in [1.29, 1.82) is 0 Å². The van der Waals surface area contributed by atoms with Gasteiger partial charge in [-0.1, -0.05) is 37.3 Å². The van der Waals surface area contributed by atoms with E-state index in [0.717, 1.165) is 61.8 Å². The molecule has 4 nitrogen and oxygen atoms in total. The molecule has 0 atom stereocenters. The van der Waals surface area contributed by atoms with Crippen LogP contribution in [0.1, 0.15) is 25.6 Å². The van der Waals surface area contributed by atoms with Crippen molar-refractivity contribution in [3.63, 3.8) is 0 Å². The fourth-order valence-corrected chi connectivity index (χ4v) is 2.96. The first-order valence-electron chi connectivity index (χ1n) is 8.18. The molecular weight excluding hydrogens is 272 g/mol. The van der Waals surface area contributed by atoms with Crippen LogP contribution in [0.5, 0.6) is 0 Å². The second-order valence-electron chi connectivity index (χ2n) is 5.91. The Hall–Kier alpha value is -1.94. The Morgan fingerprint density at radius 1 is 1.14 bits per heavy atom. The first kappa shape index (κ1) is 15.0. The molecule has 2 aromatic rings. The van der Waals surface area contributed by atoms with E-state index in [0.29, 0.717) is 5.92 Å². The van der Waals surface area contributed by atoms with Gasteiger partial charge in [-0.3, -0.25) is 0 Å². The number of benzene rings is 1. The van der Waals surface area contributed by atoms with E-state index in [2.05, 4.69) is 42.2 Å². The van der Waals surface area contributed by atoms with Gasteiger partial charge in [0.05, 0.1) is 5.69 Å². The average molecular weight is 296 g/mol. The number of nitrogens with zero attached hydrogens (tertiary/aromatic N) is 3. The summed E-state index contributed by atoms with van der Waals surface area (Å²) in [6.45, 7) is 4.98. The van der Waals surface area contributed by atoms with E-state index in [9.17, 15) is 0 Å². The lowest BCUT2D eigenvalue weighted by molar-refractivity contribution is 0.413. The highest BCUT2D eigenvalue weighted by molar-refractivity contribution is 5.63. The lowest BCUT2D eigenvalue weighted by Gasteiger charge is -2.32. The van der Waals surface area contributed by atoms with Gasteiger partial charge in [-0.05, 0) is 25.3 Å². The minimum absolute atomic E-state index is 0.664. The second kappa shape index (κ2) is 6.88. The first-order valence-corrected chi connectivity index (χ1v) is 8.18. The second-order valence-corrected chi connectivity index (χ2v) is 5.91. The molecule has 0 unspecified atom stereocenters. The van der Waals surface area contributed by atoms with Crippen molar-refractivity contribution < 1.29 is 0 Å². The predicted octanol–water partition coefficient (Wildman–Crippen LogP) is 2.88. The summed E-state index contributed by atoms with van der Waals surface area (Å²) in [4.78, 5) is 11.8. The minimum atomic E-state index is 0.664. The fourth-order valence-electron chi connectivity index (χ4n) is 2.96. The van der Waals surface area contributed by atoms with Crippen LogP contribution in [0.3, 0.4) is 0 Å². The standard InChI is InChI=1S/C18H24N4/c1-2-17-20-16(15-6-4-3-5-7-15)12-18(21-17)22-10-8-14(13-19)9-11-22/h3-7,12,14H,2,8-11,13,19H2,1H3. The van der Waals surface area contributed by atoms with E-state index < -0.39 is 0 Å². The van der Waals surface area contributed by atoms with E-state index in [1.165, 1.54) is 0 Å². The van der Waals surface area contributed by atoms with Crippen molar-refractivity contribution in [2.24, 2.45) is 11.7 Å². The number of piperidine rings is 1. The van der Waals surface area contributed by atoms with Gasteiger partial charge in [0.15, 0.2) is 0 Å². The number of aromatic nitrogens is 2. The van der Waals surface area contributed by atoms with Crippen molar-refractivity contribution in [2.45, 2.75) is 26.2 Å². The maximum absolute atomic E-state index is 5.79. The molecule has 1 aromatic heterocycles. The van der Waals surface area contributed by atoms with Gasteiger partial charge in [0.1, 0.15) is 11.6 Å². The molecule has 3 rings (SSSR count). The van der Waals surface area contributed by atoms with Crippen molar-refractivity contribution in [3.05, 3.63) is 42.2 Å². The number of anilines is 1. The molecule has 1 aromatic carbocycles. The molecule has 0 bridgehead atoms. The largest absolute Gasteiger partial charge is 0.356 e. The maximum Gasteiger partial charge on any atom is 0.132 e. The molecule has 0 saturated carbocycles. The van der Waals surface area contributed by atoms with Gasteiger partial charge in [-0.2, -0.15) is 0 Å². The molecule has 1 aliphatic heterocycles. The molecule has 1 aliphatic rings. The van der Waals surface area contributed by atoms with Crippen LogP contribution in [0.2, 0.25) is 0 Å².